The van der Waals surface area contributed by atoms with Crippen LogP contribution in [0.1, 0.15) is 37.3 Å². The molecule has 1 aliphatic heterocycles. The van der Waals surface area contributed by atoms with E-state index in [1.54, 1.807) is 5.01 Å². The number of nitrogens with zero attached hydrogens (tertiary/aromatic N) is 2. The van der Waals surface area contributed by atoms with Crippen LogP contribution in [0, 0.1) is 0 Å². The summed E-state index contributed by atoms with van der Waals surface area (Å²) in [4.78, 5) is 12.5. The summed E-state index contributed by atoms with van der Waals surface area (Å²) in [5, 5.41) is 3.72. The van der Waals surface area contributed by atoms with Crippen molar-refractivity contribution in [1.82, 2.24) is 4.72 Å². The van der Waals surface area contributed by atoms with E-state index in [4.69, 9.17) is 0 Å². The van der Waals surface area contributed by atoms with Gasteiger partial charge in [-0.3, -0.25) is 9.80 Å². The highest BCUT2D eigenvalue weighted by atomic mass is 32.2. The van der Waals surface area contributed by atoms with Crippen molar-refractivity contribution >= 4 is 27.3 Å². The van der Waals surface area contributed by atoms with Gasteiger partial charge < -0.3 is 0 Å². The highest BCUT2D eigenvalue weighted by Crippen LogP contribution is 2.29. The zero-order valence-electron chi connectivity index (χ0n) is 17.1. The topological polar surface area (TPSA) is 69.7 Å². The lowest BCUT2D eigenvalue weighted by molar-refractivity contribution is -0.117. The van der Waals surface area contributed by atoms with Gasteiger partial charge >= 0.3 is 0 Å². The van der Waals surface area contributed by atoms with Crippen molar-refractivity contribution in [3.63, 3.8) is 0 Å². The molecule has 1 aliphatic rings. The largest absolute Gasteiger partial charge is 0.278 e. The van der Waals surface area contributed by atoms with E-state index in [-0.39, 0.29) is 11.7 Å². The Morgan fingerprint density at radius 2 is 1.52 bits per heavy atom. The molecule has 156 valence electrons. The summed E-state index contributed by atoms with van der Waals surface area (Å²) in [6.45, 7) is 2.81. The van der Waals surface area contributed by atoms with E-state index in [0.29, 0.717) is 19.4 Å². The summed E-state index contributed by atoms with van der Waals surface area (Å²) in [6, 6.07) is 16.0. The number of sulfonamides is 1. The van der Waals surface area contributed by atoms with Crippen LogP contribution in [0.3, 0.4) is 0 Å². The Morgan fingerprint density at radius 3 is 2.10 bits per heavy atom. The maximum Gasteiger partial charge on any atom is 0.247 e. The van der Waals surface area contributed by atoms with Crippen molar-refractivity contribution in [2.24, 2.45) is 0 Å². The van der Waals surface area contributed by atoms with Crippen molar-refractivity contribution in [2.45, 2.75) is 39.0 Å². The predicted molar refractivity (Wildman–Crippen MR) is 117 cm³/mol. The number of anilines is 2. The van der Waals surface area contributed by atoms with Gasteiger partial charge in [0.1, 0.15) is 0 Å². The number of nitrogens with one attached hydrogen (secondary N) is 1. The van der Waals surface area contributed by atoms with Crippen LogP contribution in [0.25, 0.3) is 0 Å². The minimum absolute atomic E-state index is 0.0571. The van der Waals surface area contributed by atoms with Crippen LogP contribution < -0.4 is 14.7 Å². The molecule has 0 radical (unpaired) electrons. The number of aryl methyl sites for hydroxylation is 2. The fraction of sp³-hybridized carbons (Fsp3) is 0.409. The number of carbonyl (C=O) groups excluding carboxylic acids is 1. The quantitative estimate of drug-likeness (QED) is 0.682. The minimum Gasteiger partial charge on any atom is -0.278 e. The number of benzene rings is 2. The number of hydrogen-bond donors (Lipinski definition) is 1. The molecule has 29 heavy (non-hydrogen) atoms. The zero-order chi connectivity index (χ0) is 20.9. The van der Waals surface area contributed by atoms with Crippen LogP contribution in [-0.2, 0) is 27.7 Å². The number of unbranched alkanes of at least 4 members (excludes halogenated alkanes) is 1. The van der Waals surface area contributed by atoms with E-state index in [1.807, 2.05) is 41.4 Å². The lowest BCUT2D eigenvalue weighted by Crippen LogP contribution is -2.39. The molecule has 1 amide bonds. The molecule has 0 saturated carbocycles. The predicted octanol–water partition coefficient (Wildman–Crippen LogP) is 3.28. The molecule has 2 aromatic rings. The lowest BCUT2D eigenvalue weighted by Gasteiger charge is -2.30. The number of carbonyl (C=O) groups is 1. The molecule has 0 aromatic heterocycles. The minimum atomic E-state index is -3.22. The standard InChI is InChI=1S/C22H29N3O3S/c1-3-4-5-18-8-12-21(13-9-18)25-22(26)14-16-24(25)20-10-6-19(7-11-20)15-17-29(27,28)23-2/h6-13,23H,3-5,14-17H2,1-2H3. The first-order valence-electron chi connectivity index (χ1n) is 10.1. The molecule has 0 bridgehead atoms. The zero-order valence-corrected chi connectivity index (χ0v) is 17.9. The van der Waals surface area contributed by atoms with Crippen LogP contribution in [0.5, 0.6) is 0 Å². The molecule has 1 N–H and O–H groups in total. The molecule has 3 rings (SSSR count). The maximum atomic E-state index is 12.5. The molecule has 7 heteroatoms. The highest BCUT2D eigenvalue weighted by molar-refractivity contribution is 7.89. The van der Waals surface area contributed by atoms with Gasteiger partial charge in [0.05, 0.1) is 17.1 Å². The number of hydrogen-bond acceptors (Lipinski definition) is 4. The Morgan fingerprint density at radius 1 is 0.931 bits per heavy atom. The van der Waals surface area contributed by atoms with E-state index in [0.717, 1.165) is 36.2 Å². The van der Waals surface area contributed by atoms with Gasteiger partial charge in [0.25, 0.3) is 0 Å². The molecule has 1 heterocycles. The number of hydrazine groups is 1. The molecule has 6 nitrogen and oxygen atoms in total. The summed E-state index contributed by atoms with van der Waals surface area (Å²) in [5.41, 5.74) is 4.03. The summed E-state index contributed by atoms with van der Waals surface area (Å²) < 4.78 is 25.5. The third kappa shape index (κ3) is 5.36. The van der Waals surface area contributed by atoms with Gasteiger partial charge in [-0.25, -0.2) is 18.1 Å². The van der Waals surface area contributed by atoms with Gasteiger partial charge in [0, 0.05) is 13.0 Å². The highest BCUT2D eigenvalue weighted by Gasteiger charge is 2.30. The number of amides is 1. The van der Waals surface area contributed by atoms with E-state index in [9.17, 15) is 13.2 Å². The van der Waals surface area contributed by atoms with Crippen molar-refractivity contribution in [2.75, 3.05) is 29.4 Å². The fourth-order valence-electron chi connectivity index (χ4n) is 3.44. The van der Waals surface area contributed by atoms with Crippen molar-refractivity contribution in [3.8, 4) is 0 Å². The molecular weight excluding hydrogens is 386 g/mol. The first kappa shape index (κ1) is 21.3. The second kappa shape index (κ2) is 9.41. The molecule has 0 aliphatic carbocycles. The van der Waals surface area contributed by atoms with Crippen LogP contribution in [-0.4, -0.2) is 33.7 Å². The molecule has 0 unspecified atom stereocenters. The van der Waals surface area contributed by atoms with E-state index in [1.165, 1.54) is 12.6 Å². The second-order valence-corrected chi connectivity index (χ2v) is 9.33. The Labute approximate surface area is 173 Å². The third-order valence-electron chi connectivity index (χ3n) is 5.22. The normalized spacial score (nSPS) is 14.6. The van der Waals surface area contributed by atoms with Crippen molar-refractivity contribution < 1.29 is 13.2 Å². The van der Waals surface area contributed by atoms with E-state index >= 15 is 0 Å². The van der Waals surface area contributed by atoms with Crippen LogP contribution in [0.4, 0.5) is 11.4 Å². The monoisotopic (exact) mass is 415 g/mol. The van der Waals surface area contributed by atoms with Gasteiger partial charge in [-0.05, 0) is 61.7 Å². The van der Waals surface area contributed by atoms with Gasteiger partial charge in [-0.1, -0.05) is 37.6 Å². The Hall–Kier alpha value is -2.38. The van der Waals surface area contributed by atoms with Crippen LogP contribution in [0.2, 0.25) is 0 Å². The summed E-state index contributed by atoms with van der Waals surface area (Å²) >= 11 is 0. The Kier molecular flexibility index (Phi) is 6.92. The lowest BCUT2D eigenvalue weighted by atomic mass is 10.1. The second-order valence-electron chi connectivity index (χ2n) is 7.29. The van der Waals surface area contributed by atoms with Crippen molar-refractivity contribution in [3.05, 3.63) is 59.7 Å². The molecule has 1 saturated heterocycles. The SMILES string of the molecule is CCCCc1ccc(N2C(=O)CCN2c2ccc(CCS(=O)(=O)NC)cc2)cc1. The molecular formula is C22H29N3O3S. The van der Waals surface area contributed by atoms with Gasteiger partial charge in [-0.2, -0.15) is 0 Å². The number of rotatable bonds is 9. The Balaban J connectivity index is 1.73. The first-order valence-corrected chi connectivity index (χ1v) is 11.8. The summed E-state index contributed by atoms with van der Waals surface area (Å²) in [6.07, 6.45) is 4.30. The van der Waals surface area contributed by atoms with Crippen LogP contribution in [0.15, 0.2) is 48.5 Å². The first-order chi connectivity index (χ1) is 13.9. The maximum absolute atomic E-state index is 12.5. The summed E-state index contributed by atoms with van der Waals surface area (Å²) in [7, 11) is -1.79. The molecule has 2 aromatic carbocycles. The average Bonchev–Trinajstić information content (AvgIpc) is 3.13. The van der Waals surface area contributed by atoms with E-state index < -0.39 is 10.0 Å². The Bertz CT molecular complexity index is 925. The van der Waals surface area contributed by atoms with E-state index in [2.05, 4.69) is 23.8 Å². The van der Waals surface area contributed by atoms with Gasteiger partial charge in [-0.15, -0.1) is 0 Å². The molecule has 1 fully saturated rings. The van der Waals surface area contributed by atoms with Gasteiger partial charge in [0.15, 0.2) is 0 Å². The third-order valence-corrected chi connectivity index (χ3v) is 6.58. The van der Waals surface area contributed by atoms with Crippen LogP contribution >= 0.6 is 0 Å². The van der Waals surface area contributed by atoms with Gasteiger partial charge in [0.2, 0.25) is 15.9 Å². The summed E-state index contributed by atoms with van der Waals surface area (Å²) in [5.74, 6) is 0.136. The molecule has 0 atom stereocenters. The van der Waals surface area contributed by atoms with Crippen molar-refractivity contribution in [1.29, 1.82) is 0 Å². The smallest absolute Gasteiger partial charge is 0.247 e. The fourth-order valence-corrected chi connectivity index (χ4v) is 4.15. The average molecular weight is 416 g/mol. The molecule has 0 spiro atoms.